The lowest BCUT2D eigenvalue weighted by Crippen LogP contribution is -2.10. The molecule has 0 aliphatic heterocycles. The molecule has 11 rings (SSSR count). The van der Waals surface area contributed by atoms with Gasteiger partial charge >= 0.3 is 0 Å². The summed E-state index contributed by atoms with van der Waals surface area (Å²) in [6, 6.07) is 33.6. The number of aromatic hydroxyl groups is 6. The molecule has 13 heteroatoms. The van der Waals surface area contributed by atoms with Crippen LogP contribution in [-0.4, -0.2) is 65.7 Å². The average Bonchev–Trinajstić information content (AvgIpc) is 3.93. The summed E-state index contributed by atoms with van der Waals surface area (Å²) in [7, 11) is 13.2. The van der Waals surface area contributed by atoms with E-state index in [0.717, 1.165) is 15.8 Å². The molecule has 0 atom stereocenters. The maximum atomic E-state index is 12.3. The van der Waals surface area contributed by atoms with Crippen LogP contribution in [0.25, 0.3) is 104 Å². The summed E-state index contributed by atoms with van der Waals surface area (Å²) in [4.78, 5) is 14.5. The normalized spacial score (nSPS) is 12.0. The van der Waals surface area contributed by atoms with Gasteiger partial charge in [-0.05, 0) is 23.2 Å². The summed E-state index contributed by atoms with van der Waals surface area (Å²) in [5.74, 6) is -1.98. The summed E-state index contributed by atoms with van der Waals surface area (Å²) in [6.07, 6.45) is 0. The smallest absolute Gasteiger partial charge is 0.183 e. The van der Waals surface area contributed by atoms with E-state index in [1.807, 2.05) is 91.0 Å². The Hall–Kier alpha value is -7.50. The van der Waals surface area contributed by atoms with Crippen LogP contribution >= 0.6 is 11.3 Å². The van der Waals surface area contributed by atoms with E-state index in [4.69, 9.17) is 30.6 Å². The Morgan fingerprint density at radius 1 is 0.431 bits per heavy atom. The maximum Gasteiger partial charge on any atom is 0.183 e. The van der Waals surface area contributed by atoms with Gasteiger partial charge in [-0.15, -0.1) is 11.3 Å². The summed E-state index contributed by atoms with van der Waals surface area (Å²) in [5.41, 5.74) is 2.30. The Kier molecular flexibility index (Phi) is 6.99. The van der Waals surface area contributed by atoms with Crippen molar-refractivity contribution in [3.05, 3.63) is 109 Å². The third kappa shape index (κ3) is 4.41. The first-order valence-electron chi connectivity index (χ1n) is 18.1. The maximum absolute atomic E-state index is 12.3. The fraction of sp³-hybridized carbons (Fsp3) is 0. The van der Waals surface area contributed by atoms with Crippen molar-refractivity contribution < 1.29 is 30.6 Å². The van der Waals surface area contributed by atoms with E-state index in [1.165, 1.54) is 15.7 Å². The molecule has 0 aliphatic rings. The van der Waals surface area contributed by atoms with E-state index in [0.29, 0.717) is 49.5 Å². The molecule has 4 heterocycles. The average molecular weight is 770 g/mol. The van der Waals surface area contributed by atoms with Crippen LogP contribution in [0.4, 0.5) is 0 Å². The molecular formula is C45H24B2N4O6S. The molecule has 0 spiro atoms. The van der Waals surface area contributed by atoms with Crippen LogP contribution in [-0.2, 0) is 0 Å². The largest absolute Gasteiger partial charge is 0.507 e. The molecule has 4 aromatic heterocycles. The van der Waals surface area contributed by atoms with Crippen LogP contribution in [0.1, 0.15) is 0 Å². The van der Waals surface area contributed by atoms with E-state index in [9.17, 15) is 30.6 Å². The lowest BCUT2D eigenvalue weighted by molar-refractivity contribution is 0.406. The molecule has 272 valence electrons. The number of benzene rings is 7. The van der Waals surface area contributed by atoms with E-state index in [-0.39, 0.29) is 49.5 Å². The molecular weight excluding hydrogens is 746 g/mol. The highest BCUT2D eigenvalue weighted by Gasteiger charge is 2.33. The summed E-state index contributed by atoms with van der Waals surface area (Å²) < 4.78 is 2.79. The molecule has 0 unspecified atom stereocenters. The molecule has 0 saturated heterocycles. The van der Waals surface area contributed by atoms with Crippen molar-refractivity contribution >= 4 is 96.2 Å². The predicted octanol–water partition coefficient (Wildman–Crippen LogP) is 7.88. The van der Waals surface area contributed by atoms with Crippen LogP contribution < -0.4 is 10.9 Å². The van der Waals surface area contributed by atoms with Gasteiger partial charge in [-0.2, -0.15) is 0 Å². The van der Waals surface area contributed by atoms with Gasteiger partial charge in [0.2, 0.25) is 0 Å². The number of aromatic nitrogens is 4. The number of thiophene rings is 1. The second kappa shape index (κ2) is 12.0. The minimum absolute atomic E-state index is 0.0100. The summed E-state index contributed by atoms with van der Waals surface area (Å²) in [5, 5.41) is 72.1. The number of phenols is 6. The number of hydrogen-bond donors (Lipinski definition) is 6. The number of hydrogen-bond acceptors (Lipinski definition) is 10. The Balaban J connectivity index is 1.23. The van der Waals surface area contributed by atoms with Crippen molar-refractivity contribution in [2.75, 3.05) is 0 Å². The molecule has 7 aromatic carbocycles. The molecule has 11 aromatic rings. The molecule has 0 amide bonds. The van der Waals surface area contributed by atoms with Gasteiger partial charge in [0.05, 0.1) is 27.3 Å². The van der Waals surface area contributed by atoms with Crippen molar-refractivity contribution in [1.82, 2.24) is 19.4 Å². The number of nitrogens with zero attached hydrogens (tertiary/aromatic N) is 4. The first kappa shape index (κ1) is 33.8. The van der Waals surface area contributed by atoms with E-state index >= 15 is 0 Å². The lowest BCUT2D eigenvalue weighted by atomic mass is 9.81. The Morgan fingerprint density at radius 2 is 0.983 bits per heavy atom. The molecule has 4 radical (unpaired) electrons. The van der Waals surface area contributed by atoms with Crippen LogP contribution in [0.2, 0.25) is 0 Å². The van der Waals surface area contributed by atoms with Gasteiger partial charge in [-0.1, -0.05) is 103 Å². The number of phenolic OH excluding ortho intramolecular Hbond substituents is 6. The van der Waals surface area contributed by atoms with Gasteiger partial charge in [-0.3, -0.25) is 0 Å². The Morgan fingerprint density at radius 3 is 1.66 bits per heavy atom. The SMILES string of the molecule is [B]c1c(O)c(O)c2c3c4sc5ccccc5c4c(O)c4c5c([B])c(-c6cccc(-c7nc(-c8ccccc8)nc(-c8ccccc8)n7)c6)c(O)c(O)c5n(c2c1O)c43. The van der Waals surface area contributed by atoms with Gasteiger partial charge in [-0.25, -0.2) is 15.0 Å². The van der Waals surface area contributed by atoms with Gasteiger partial charge < -0.3 is 35.0 Å². The Labute approximate surface area is 334 Å². The quantitative estimate of drug-likeness (QED) is 0.0594. The van der Waals surface area contributed by atoms with Gasteiger partial charge in [0, 0.05) is 53.2 Å². The zero-order valence-electron chi connectivity index (χ0n) is 29.9. The van der Waals surface area contributed by atoms with Gasteiger partial charge in [0.1, 0.15) is 27.2 Å². The van der Waals surface area contributed by atoms with E-state index in [2.05, 4.69) is 0 Å². The van der Waals surface area contributed by atoms with Crippen LogP contribution in [0, 0.1) is 0 Å². The molecule has 6 N–H and O–H groups in total. The van der Waals surface area contributed by atoms with Crippen LogP contribution in [0.5, 0.6) is 34.5 Å². The molecule has 0 fully saturated rings. The molecule has 0 saturated carbocycles. The van der Waals surface area contributed by atoms with Crippen molar-refractivity contribution in [2.24, 2.45) is 0 Å². The fourth-order valence-corrected chi connectivity index (χ4v) is 9.62. The lowest BCUT2D eigenvalue weighted by Gasteiger charge is -2.16. The third-order valence-corrected chi connectivity index (χ3v) is 12.1. The zero-order valence-corrected chi connectivity index (χ0v) is 30.7. The van der Waals surface area contributed by atoms with Gasteiger partial charge in [0.25, 0.3) is 0 Å². The number of fused-ring (bicyclic) bond motifs is 10. The van der Waals surface area contributed by atoms with Crippen molar-refractivity contribution in [2.45, 2.75) is 0 Å². The first-order valence-corrected chi connectivity index (χ1v) is 18.9. The number of rotatable bonds is 4. The second-order valence-electron chi connectivity index (χ2n) is 14.1. The third-order valence-electron chi connectivity index (χ3n) is 10.9. The first-order chi connectivity index (χ1) is 28.1. The monoisotopic (exact) mass is 770 g/mol. The summed E-state index contributed by atoms with van der Waals surface area (Å²) >= 11 is 1.34. The molecule has 10 nitrogen and oxygen atoms in total. The van der Waals surface area contributed by atoms with Crippen molar-refractivity contribution in [3.63, 3.8) is 0 Å². The van der Waals surface area contributed by atoms with E-state index in [1.54, 1.807) is 18.2 Å². The topological polar surface area (TPSA) is 164 Å². The highest BCUT2D eigenvalue weighted by molar-refractivity contribution is 7.27. The standard InChI is InChI=1S/C45H24B2N4O6S/c46-31-25(21-14-9-15-22(18-21)45-49-43(19-10-3-1-4-11-19)48-44(50-45)20-12-5-2-6-13-20)37(53)41(57)34-27(31)28-33-30(29-35(51(33)34)39(55)32(47)40(56)38(29)54)42-26(36(28)52)23-16-7-8-17-24(23)58-42/h1-18,52-57H. The summed E-state index contributed by atoms with van der Waals surface area (Å²) in [6.45, 7) is 0. The Bertz CT molecular complexity index is 3500. The van der Waals surface area contributed by atoms with Crippen LogP contribution in [0.3, 0.4) is 0 Å². The fourth-order valence-electron chi connectivity index (χ4n) is 8.37. The highest BCUT2D eigenvalue weighted by Crippen LogP contribution is 2.57. The van der Waals surface area contributed by atoms with Crippen LogP contribution in [0.15, 0.2) is 109 Å². The van der Waals surface area contributed by atoms with Crippen molar-refractivity contribution in [3.8, 4) is 79.8 Å². The van der Waals surface area contributed by atoms with Crippen molar-refractivity contribution in [1.29, 1.82) is 0 Å². The zero-order chi connectivity index (χ0) is 39.7. The second-order valence-corrected chi connectivity index (χ2v) is 15.1. The molecule has 0 bridgehead atoms. The van der Waals surface area contributed by atoms with E-state index < -0.39 is 34.2 Å². The molecule has 58 heavy (non-hydrogen) atoms. The molecule has 0 aliphatic carbocycles. The van der Waals surface area contributed by atoms with Gasteiger partial charge in [0.15, 0.2) is 40.5 Å². The minimum Gasteiger partial charge on any atom is -0.507 e. The minimum atomic E-state index is -0.722. The highest BCUT2D eigenvalue weighted by atomic mass is 32.1. The predicted molar refractivity (Wildman–Crippen MR) is 230 cm³/mol.